The number of carbonyl (C=O) groups is 1. The van der Waals surface area contributed by atoms with Gasteiger partial charge in [0.15, 0.2) is 0 Å². The fourth-order valence-corrected chi connectivity index (χ4v) is 2.33. The van der Waals surface area contributed by atoms with E-state index in [1.807, 2.05) is 13.8 Å². The summed E-state index contributed by atoms with van der Waals surface area (Å²) in [4.78, 5) is 11.7. The van der Waals surface area contributed by atoms with E-state index in [2.05, 4.69) is 22.4 Å². The van der Waals surface area contributed by atoms with E-state index in [-0.39, 0.29) is 18.2 Å². The molecule has 19 heavy (non-hydrogen) atoms. The number of hydrogen-bond donors (Lipinski definition) is 2. The molecule has 0 aliphatic heterocycles. The molecule has 0 aliphatic rings. The molecule has 0 radical (unpaired) electrons. The predicted octanol–water partition coefficient (Wildman–Crippen LogP) is 2.62. The minimum Gasteiger partial charge on any atom is -0.392 e. The molecule has 0 fully saturated rings. The molecule has 0 spiro atoms. The second-order valence-electron chi connectivity index (χ2n) is 5.02. The monoisotopic (exact) mass is 285 g/mol. The van der Waals surface area contributed by atoms with E-state index < -0.39 is 6.10 Å². The van der Waals surface area contributed by atoms with Crippen molar-refractivity contribution in [1.29, 1.82) is 0 Å². The summed E-state index contributed by atoms with van der Waals surface area (Å²) in [5.41, 5.74) is 0. The smallest absolute Gasteiger partial charge is 0.228 e. The number of aliphatic hydroxyl groups is 1. The SMILES string of the molecule is CCCCCc1nnc(NC(=O)CC(O)C(C)C)s1. The van der Waals surface area contributed by atoms with Gasteiger partial charge in [-0.25, -0.2) is 0 Å². The summed E-state index contributed by atoms with van der Waals surface area (Å²) in [5.74, 6) is -0.137. The lowest BCUT2D eigenvalue weighted by Crippen LogP contribution is -2.23. The van der Waals surface area contributed by atoms with Crippen LogP contribution >= 0.6 is 11.3 Å². The van der Waals surface area contributed by atoms with E-state index in [1.165, 1.54) is 24.2 Å². The Morgan fingerprint density at radius 2 is 2.11 bits per heavy atom. The van der Waals surface area contributed by atoms with Gasteiger partial charge in [0.05, 0.1) is 12.5 Å². The normalized spacial score (nSPS) is 12.7. The number of anilines is 1. The summed E-state index contributed by atoms with van der Waals surface area (Å²) in [5, 5.41) is 21.8. The van der Waals surface area contributed by atoms with E-state index in [9.17, 15) is 9.90 Å². The summed E-state index contributed by atoms with van der Waals surface area (Å²) in [6, 6.07) is 0. The second kappa shape index (κ2) is 8.22. The molecule has 108 valence electrons. The van der Waals surface area contributed by atoms with Gasteiger partial charge in [-0.1, -0.05) is 44.9 Å². The van der Waals surface area contributed by atoms with Gasteiger partial charge < -0.3 is 10.4 Å². The van der Waals surface area contributed by atoms with Crippen LogP contribution in [0.25, 0.3) is 0 Å². The Hall–Kier alpha value is -1.01. The van der Waals surface area contributed by atoms with Gasteiger partial charge in [-0.2, -0.15) is 0 Å². The van der Waals surface area contributed by atoms with Crippen LogP contribution in [0, 0.1) is 5.92 Å². The van der Waals surface area contributed by atoms with Gasteiger partial charge >= 0.3 is 0 Å². The first kappa shape index (κ1) is 16.0. The Morgan fingerprint density at radius 1 is 1.37 bits per heavy atom. The topological polar surface area (TPSA) is 75.1 Å². The number of nitrogens with zero attached hydrogens (tertiary/aromatic N) is 2. The maximum atomic E-state index is 11.7. The van der Waals surface area contributed by atoms with Crippen LogP contribution in [0.4, 0.5) is 5.13 Å². The molecule has 6 heteroatoms. The molecular formula is C13H23N3O2S. The minimum atomic E-state index is -0.614. The van der Waals surface area contributed by atoms with Gasteiger partial charge in [-0.15, -0.1) is 10.2 Å². The minimum absolute atomic E-state index is 0.0739. The van der Waals surface area contributed by atoms with E-state index in [0.717, 1.165) is 17.8 Å². The number of amides is 1. The molecule has 0 aliphatic carbocycles. The molecule has 1 atom stereocenters. The van der Waals surface area contributed by atoms with Crippen LogP contribution in [0.1, 0.15) is 51.5 Å². The lowest BCUT2D eigenvalue weighted by Gasteiger charge is -2.12. The predicted molar refractivity (Wildman–Crippen MR) is 77.2 cm³/mol. The summed E-state index contributed by atoms with van der Waals surface area (Å²) in [6.45, 7) is 5.93. The maximum absolute atomic E-state index is 11.7. The van der Waals surface area contributed by atoms with Gasteiger partial charge in [0, 0.05) is 6.42 Å². The van der Waals surface area contributed by atoms with E-state index >= 15 is 0 Å². The van der Waals surface area contributed by atoms with Crippen molar-refractivity contribution in [2.45, 2.75) is 59.0 Å². The lowest BCUT2D eigenvalue weighted by molar-refractivity contribution is -0.118. The number of nitrogens with one attached hydrogen (secondary N) is 1. The van der Waals surface area contributed by atoms with Crippen LogP contribution in [0.15, 0.2) is 0 Å². The Morgan fingerprint density at radius 3 is 2.74 bits per heavy atom. The van der Waals surface area contributed by atoms with Crippen LogP contribution in [0.2, 0.25) is 0 Å². The highest BCUT2D eigenvalue weighted by Crippen LogP contribution is 2.18. The number of unbranched alkanes of at least 4 members (excludes halogenated alkanes) is 2. The van der Waals surface area contributed by atoms with E-state index in [0.29, 0.717) is 5.13 Å². The molecule has 1 amide bonds. The number of carbonyl (C=O) groups excluding carboxylic acids is 1. The first-order valence-electron chi connectivity index (χ1n) is 6.83. The quantitative estimate of drug-likeness (QED) is 0.720. The average Bonchev–Trinajstić information content (AvgIpc) is 2.76. The summed E-state index contributed by atoms with van der Waals surface area (Å²) < 4.78 is 0. The zero-order chi connectivity index (χ0) is 14.3. The third-order valence-corrected chi connectivity index (χ3v) is 3.77. The summed E-state index contributed by atoms with van der Waals surface area (Å²) in [6.07, 6.45) is 3.86. The van der Waals surface area contributed by atoms with Crippen LogP contribution < -0.4 is 5.32 Å². The number of hydrogen-bond acceptors (Lipinski definition) is 5. The van der Waals surface area contributed by atoms with Crippen LogP contribution in [0.3, 0.4) is 0 Å². The van der Waals surface area contributed by atoms with Crippen molar-refractivity contribution in [3.05, 3.63) is 5.01 Å². The van der Waals surface area contributed by atoms with Crippen LogP contribution in [-0.2, 0) is 11.2 Å². The van der Waals surface area contributed by atoms with Gasteiger partial charge in [-0.3, -0.25) is 4.79 Å². The average molecular weight is 285 g/mol. The standard InChI is InChI=1S/C13H23N3O2S/c1-4-5-6-7-12-15-16-13(19-12)14-11(18)8-10(17)9(2)3/h9-10,17H,4-8H2,1-3H3,(H,14,16,18). The zero-order valence-corrected chi connectivity index (χ0v) is 12.7. The molecule has 0 saturated heterocycles. The Bertz CT molecular complexity index is 393. The van der Waals surface area contributed by atoms with Crippen molar-refractivity contribution >= 4 is 22.4 Å². The highest BCUT2D eigenvalue weighted by molar-refractivity contribution is 7.15. The molecule has 1 rings (SSSR count). The fourth-order valence-electron chi connectivity index (χ4n) is 1.53. The maximum Gasteiger partial charge on any atom is 0.228 e. The van der Waals surface area contributed by atoms with Crippen molar-refractivity contribution < 1.29 is 9.90 Å². The van der Waals surface area contributed by atoms with Crippen molar-refractivity contribution in [2.24, 2.45) is 5.92 Å². The van der Waals surface area contributed by atoms with Gasteiger partial charge in [0.25, 0.3) is 0 Å². The number of aromatic nitrogens is 2. The van der Waals surface area contributed by atoms with Crippen molar-refractivity contribution in [2.75, 3.05) is 5.32 Å². The number of rotatable bonds is 8. The summed E-state index contributed by atoms with van der Waals surface area (Å²) >= 11 is 1.41. The van der Waals surface area contributed by atoms with E-state index in [1.54, 1.807) is 0 Å². The van der Waals surface area contributed by atoms with Gasteiger partial charge in [0.1, 0.15) is 5.01 Å². The number of aliphatic hydroxyl groups excluding tert-OH is 1. The third-order valence-electron chi connectivity index (χ3n) is 2.87. The zero-order valence-electron chi connectivity index (χ0n) is 11.8. The van der Waals surface area contributed by atoms with Gasteiger partial charge in [0.2, 0.25) is 11.0 Å². The molecule has 1 aromatic rings. The molecule has 0 saturated carbocycles. The second-order valence-corrected chi connectivity index (χ2v) is 6.08. The third kappa shape index (κ3) is 6.11. The molecule has 5 nitrogen and oxygen atoms in total. The van der Waals surface area contributed by atoms with Crippen molar-refractivity contribution in [3.8, 4) is 0 Å². The molecule has 1 aromatic heterocycles. The van der Waals surface area contributed by atoms with Crippen molar-refractivity contribution in [1.82, 2.24) is 10.2 Å². The molecule has 2 N–H and O–H groups in total. The molecular weight excluding hydrogens is 262 g/mol. The van der Waals surface area contributed by atoms with Crippen LogP contribution in [-0.4, -0.2) is 27.3 Å². The Labute approximate surface area is 118 Å². The largest absolute Gasteiger partial charge is 0.392 e. The molecule has 0 bridgehead atoms. The Kier molecular flexibility index (Phi) is 6.94. The molecule has 1 heterocycles. The highest BCUT2D eigenvalue weighted by Gasteiger charge is 2.15. The van der Waals surface area contributed by atoms with Crippen molar-refractivity contribution in [3.63, 3.8) is 0 Å². The molecule has 0 aromatic carbocycles. The summed E-state index contributed by atoms with van der Waals surface area (Å²) in [7, 11) is 0. The Balaban J connectivity index is 2.38. The van der Waals surface area contributed by atoms with Crippen LogP contribution in [0.5, 0.6) is 0 Å². The molecule has 1 unspecified atom stereocenters. The lowest BCUT2D eigenvalue weighted by atomic mass is 10.0. The fraction of sp³-hybridized carbons (Fsp3) is 0.769. The highest BCUT2D eigenvalue weighted by atomic mass is 32.1. The first-order chi connectivity index (χ1) is 9.02. The van der Waals surface area contributed by atoms with E-state index in [4.69, 9.17) is 0 Å². The first-order valence-corrected chi connectivity index (χ1v) is 7.64. The number of aryl methyl sites for hydroxylation is 1. The van der Waals surface area contributed by atoms with Gasteiger partial charge in [-0.05, 0) is 12.3 Å².